The summed E-state index contributed by atoms with van der Waals surface area (Å²) in [4.78, 5) is 23.2. The number of hydrogen-bond acceptors (Lipinski definition) is 10. The Labute approximate surface area is 172 Å². The summed E-state index contributed by atoms with van der Waals surface area (Å²) in [6.45, 7) is 4.50. The highest BCUT2D eigenvalue weighted by Crippen LogP contribution is 2.29. The molecule has 0 amide bonds. The van der Waals surface area contributed by atoms with Gasteiger partial charge in [0.1, 0.15) is 6.10 Å². The number of rotatable bonds is 4. The monoisotopic (exact) mass is 413 g/mol. The van der Waals surface area contributed by atoms with Gasteiger partial charge in [-0.25, -0.2) is 19.9 Å². The number of β-amino-alcohol motifs (C(OH)–C–C–N with tert-alkyl or cyclic N) is 1. The molecule has 2 saturated heterocycles. The number of thiophene rings is 1. The molecule has 1 unspecified atom stereocenters. The van der Waals surface area contributed by atoms with E-state index in [0.717, 1.165) is 48.4 Å². The van der Waals surface area contributed by atoms with Crippen LogP contribution in [-0.2, 0) is 11.3 Å². The van der Waals surface area contributed by atoms with E-state index in [2.05, 4.69) is 30.8 Å². The maximum absolute atomic E-state index is 9.72. The number of nitrogens with two attached hydrogens (primary N) is 1. The molecule has 0 saturated carbocycles. The van der Waals surface area contributed by atoms with Crippen LogP contribution in [0.15, 0.2) is 24.7 Å². The molecule has 3 aromatic rings. The van der Waals surface area contributed by atoms with Gasteiger partial charge in [0.05, 0.1) is 35.7 Å². The molecule has 2 atom stereocenters. The lowest BCUT2D eigenvalue weighted by atomic mass is 10.1. The summed E-state index contributed by atoms with van der Waals surface area (Å²) in [5.74, 6) is 0.968. The molecule has 5 rings (SSSR count). The van der Waals surface area contributed by atoms with Gasteiger partial charge in [0, 0.05) is 49.0 Å². The van der Waals surface area contributed by atoms with Gasteiger partial charge in [-0.2, -0.15) is 0 Å². The third kappa shape index (κ3) is 4.01. The van der Waals surface area contributed by atoms with Crippen molar-refractivity contribution in [3.05, 3.63) is 35.1 Å². The Morgan fingerprint density at radius 1 is 1.17 bits per heavy atom. The highest BCUT2D eigenvalue weighted by Gasteiger charge is 2.25. The molecule has 0 spiro atoms. The summed E-state index contributed by atoms with van der Waals surface area (Å²) in [6.07, 6.45) is 5.84. The molecule has 2 fully saturated rings. The van der Waals surface area contributed by atoms with Gasteiger partial charge in [0.15, 0.2) is 0 Å². The van der Waals surface area contributed by atoms with Crippen LogP contribution >= 0.6 is 11.3 Å². The van der Waals surface area contributed by atoms with Crippen molar-refractivity contribution in [1.29, 1.82) is 0 Å². The lowest BCUT2D eigenvalue weighted by Crippen LogP contribution is -2.39. The maximum Gasteiger partial charge on any atom is 0.226 e. The van der Waals surface area contributed by atoms with Crippen molar-refractivity contribution in [3.8, 4) is 0 Å². The molecule has 5 heterocycles. The average molecular weight is 414 g/mol. The summed E-state index contributed by atoms with van der Waals surface area (Å²) >= 11 is 1.72. The number of nitrogen functional groups attached to an aromatic ring is 1. The van der Waals surface area contributed by atoms with Crippen molar-refractivity contribution in [2.75, 3.05) is 43.4 Å². The fourth-order valence-electron chi connectivity index (χ4n) is 3.83. The summed E-state index contributed by atoms with van der Waals surface area (Å²) in [7, 11) is 0. The smallest absolute Gasteiger partial charge is 0.226 e. The molecule has 3 N–H and O–H groups in total. The van der Waals surface area contributed by atoms with E-state index in [-0.39, 0.29) is 18.2 Å². The van der Waals surface area contributed by atoms with Gasteiger partial charge in [0.25, 0.3) is 0 Å². The predicted molar refractivity (Wildman–Crippen MR) is 111 cm³/mol. The number of morpholine rings is 1. The highest BCUT2D eigenvalue weighted by molar-refractivity contribution is 7.18. The lowest BCUT2D eigenvalue weighted by Gasteiger charge is -2.32. The second kappa shape index (κ2) is 7.79. The molecular formula is C19H23N7O2S. The number of nitrogens with zero attached hydrogens (tertiary/aromatic N) is 6. The summed E-state index contributed by atoms with van der Waals surface area (Å²) < 4.78 is 6.97. The van der Waals surface area contributed by atoms with Crippen LogP contribution in [0.2, 0.25) is 0 Å². The van der Waals surface area contributed by atoms with E-state index < -0.39 is 0 Å². The number of aliphatic hydroxyl groups is 1. The fourth-order valence-corrected chi connectivity index (χ4v) is 4.85. The zero-order valence-electron chi connectivity index (χ0n) is 15.9. The van der Waals surface area contributed by atoms with Crippen LogP contribution in [0.4, 0.5) is 11.9 Å². The molecule has 0 aromatic carbocycles. The molecule has 0 aliphatic carbocycles. The van der Waals surface area contributed by atoms with Crippen molar-refractivity contribution in [3.63, 3.8) is 0 Å². The van der Waals surface area contributed by atoms with Crippen LogP contribution < -0.4 is 10.6 Å². The zero-order valence-corrected chi connectivity index (χ0v) is 16.8. The molecule has 0 radical (unpaired) electrons. The van der Waals surface area contributed by atoms with Gasteiger partial charge in [-0.05, 0) is 12.5 Å². The van der Waals surface area contributed by atoms with Crippen molar-refractivity contribution >= 4 is 33.5 Å². The highest BCUT2D eigenvalue weighted by atomic mass is 32.1. The first-order valence-electron chi connectivity index (χ1n) is 9.74. The normalized spacial score (nSPS) is 23.1. The Morgan fingerprint density at radius 3 is 2.83 bits per heavy atom. The first-order chi connectivity index (χ1) is 14.1. The van der Waals surface area contributed by atoms with Crippen molar-refractivity contribution < 1.29 is 9.84 Å². The second-order valence-corrected chi connectivity index (χ2v) is 8.66. The molecule has 2 aliphatic heterocycles. The minimum Gasteiger partial charge on any atom is -0.392 e. The number of fused-ring (bicyclic) bond motifs is 1. The molecule has 0 bridgehead atoms. The number of ether oxygens (including phenoxy) is 1. The topological polar surface area (TPSA) is 114 Å². The van der Waals surface area contributed by atoms with Crippen LogP contribution in [0.3, 0.4) is 0 Å². The molecule has 3 aromatic heterocycles. The number of likely N-dealkylation sites (tertiary alicyclic amines) is 1. The third-order valence-corrected chi connectivity index (χ3v) is 6.39. The van der Waals surface area contributed by atoms with Crippen molar-refractivity contribution in [2.45, 2.75) is 25.2 Å². The summed E-state index contributed by atoms with van der Waals surface area (Å²) in [6, 6.07) is 2.14. The molecule has 9 nitrogen and oxygen atoms in total. The predicted octanol–water partition coefficient (Wildman–Crippen LogP) is 1.21. The number of anilines is 2. The molecule has 10 heteroatoms. The lowest BCUT2D eigenvalue weighted by molar-refractivity contribution is 0.0388. The second-order valence-electron chi connectivity index (χ2n) is 7.49. The third-order valence-electron chi connectivity index (χ3n) is 5.35. The van der Waals surface area contributed by atoms with Crippen LogP contribution in [0.1, 0.15) is 23.0 Å². The van der Waals surface area contributed by atoms with Crippen LogP contribution in [-0.4, -0.2) is 68.8 Å². The Bertz CT molecular complexity index is 996. The van der Waals surface area contributed by atoms with E-state index in [4.69, 9.17) is 15.5 Å². The van der Waals surface area contributed by atoms with E-state index in [1.807, 2.05) is 6.20 Å². The van der Waals surface area contributed by atoms with Crippen LogP contribution in [0.5, 0.6) is 0 Å². The SMILES string of the molecule is Nc1ncc([C@@H]2CN(c3ncc4sc(CN5CCC(O)C5)cc4n3)CCO2)cn1. The molecule has 2 aliphatic rings. The number of hydrogen-bond donors (Lipinski definition) is 2. The quantitative estimate of drug-likeness (QED) is 0.651. The standard InChI is InChI=1S/C19H23N7O2S/c20-18-21-6-12(7-22-18)16-11-26(3-4-28-16)19-23-8-17-15(24-19)5-14(29-17)10-25-2-1-13(27)9-25/h5-8,13,16,27H,1-4,9-11H2,(H2,20,21,22)/t13?,16-/m0/s1. The van der Waals surface area contributed by atoms with E-state index in [0.29, 0.717) is 19.1 Å². The first kappa shape index (κ1) is 18.6. The van der Waals surface area contributed by atoms with Crippen molar-refractivity contribution in [1.82, 2.24) is 24.8 Å². The average Bonchev–Trinajstić information content (AvgIpc) is 3.33. The maximum atomic E-state index is 9.72. The Hall–Kier alpha value is -2.40. The van der Waals surface area contributed by atoms with Crippen LogP contribution in [0.25, 0.3) is 10.2 Å². The number of aliphatic hydroxyl groups excluding tert-OH is 1. The summed E-state index contributed by atoms with van der Waals surface area (Å²) in [5.41, 5.74) is 7.44. The van der Waals surface area contributed by atoms with E-state index in [1.165, 1.54) is 4.88 Å². The van der Waals surface area contributed by atoms with Crippen LogP contribution in [0, 0.1) is 0 Å². The Kier molecular flexibility index (Phi) is 5.00. The van der Waals surface area contributed by atoms with Gasteiger partial charge < -0.3 is 20.5 Å². The van der Waals surface area contributed by atoms with Gasteiger partial charge in [-0.3, -0.25) is 4.90 Å². The van der Waals surface area contributed by atoms with Gasteiger partial charge in [0.2, 0.25) is 11.9 Å². The van der Waals surface area contributed by atoms with E-state index >= 15 is 0 Å². The minimum absolute atomic E-state index is 0.136. The minimum atomic E-state index is -0.198. The zero-order chi connectivity index (χ0) is 19.8. The molecular weight excluding hydrogens is 390 g/mol. The first-order valence-corrected chi connectivity index (χ1v) is 10.6. The molecule has 152 valence electrons. The van der Waals surface area contributed by atoms with Gasteiger partial charge >= 0.3 is 0 Å². The largest absolute Gasteiger partial charge is 0.392 e. The molecule has 29 heavy (non-hydrogen) atoms. The number of aromatic nitrogens is 4. The van der Waals surface area contributed by atoms with Crippen molar-refractivity contribution in [2.24, 2.45) is 0 Å². The Morgan fingerprint density at radius 2 is 2.03 bits per heavy atom. The Balaban J connectivity index is 1.32. The van der Waals surface area contributed by atoms with E-state index in [9.17, 15) is 5.11 Å². The van der Waals surface area contributed by atoms with Gasteiger partial charge in [-0.1, -0.05) is 0 Å². The summed E-state index contributed by atoms with van der Waals surface area (Å²) in [5, 5.41) is 9.72. The van der Waals surface area contributed by atoms with E-state index in [1.54, 1.807) is 23.7 Å². The van der Waals surface area contributed by atoms with Gasteiger partial charge in [-0.15, -0.1) is 11.3 Å². The fraction of sp³-hybridized carbons (Fsp3) is 0.474.